The molecule has 33 heavy (non-hydrogen) atoms. The molecule has 2 aromatic rings. The first-order valence-electron chi connectivity index (χ1n) is 10.5. The van der Waals surface area contributed by atoms with Gasteiger partial charge in [-0.05, 0) is 32.1 Å². The van der Waals surface area contributed by atoms with Crippen LogP contribution in [0.3, 0.4) is 0 Å². The number of sulfonamides is 1. The number of nitrogens with one attached hydrogen (secondary N) is 1. The number of anilines is 1. The molecule has 3 heterocycles. The summed E-state index contributed by atoms with van der Waals surface area (Å²) in [6.07, 6.45) is 0.488. The monoisotopic (exact) mass is 507 g/mol. The van der Waals surface area contributed by atoms with Crippen LogP contribution in [0.15, 0.2) is 12.4 Å². The second-order valence-electron chi connectivity index (χ2n) is 8.18. The van der Waals surface area contributed by atoms with Crippen molar-refractivity contribution in [1.82, 2.24) is 19.3 Å². The van der Waals surface area contributed by atoms with Crippen molar-refractivity contribution in [3.05, 3.63) is 18.0 Å². The number of halogens is 3. The van der Waals surface area contributed by atoms with Crippen LogP contribution in [0.25, 0.3) is 10.6 Å². The average Bonchev–Trinajstić information content (AvgIpc) is 3.36. The van der Waals surface area contributed by atoms with E-state index in [1.165, 1.54) is 10.5 Å². The smallest absolute Gasteiger partial charge is 0.420 e. The van der Waals surface area contributed by atoms with E-state index in [4.69, 9.17) is 4.74 Å². The van der Waals surface area contributed by atoms with Gasteiger partial charge in [0.1, 0.15) is 11.7 Å². The van der Waals surface area contributed by atoms with Gasteiger partial charge in [-0.1, -0.05) is 11.3 Å². The Morgan fingerprint density at radius 2 is 1.91 bits per heavy atom. The molecule has 2 atom stereocenters. The number of hydrogen-bond donors (Lipinski definition) is 2. The van der Waals surface area contributed by atoms with E-state index in [0.717, 1.165) is 30.2 Å². The number of hydrogen-bond acceptors (Lipinski definition) is 9. The van der Waals surface area contributed by atoms with Crippen LogP contribution in [-0.4, -0.2) is 70.4 Å². The van der Waals surface area contributed by atoms with Crippen molar-refractivity contribution in [3.8, 4) is 15.8 Å². The lowest BCUT2D eigenvalue weighted by atomic mass is 10.1. The standard InChI is InChI=1S/C19H24F3N5O4S2/c1-33(29,30)27-7-5-11(6-8-27)25-17-23-9-12(19(20,21)22)16(26-17)15-10-24-18(32-15)31-14-4-2-3-13(14)28/h9-11,13-14,28H,2-8H2,1H3,(H,23,25,26)/t13-,14-/m1/s1. The molecule has 0 spiro atoms. The molecule has 182 valence electrons. The Hall–Kier alpha value is -2.03. The molecular formula is C19H24F3N5O4S2. The van der Waals surface area contributed by atoms with Gasteiger partial charge < -0.3 is 15.2 Å². The topological polar surface area (TPSA) is 118 Å². The number of aliphatic hydroxyl groups is 1. The summed E-state index contributed by atoms with van der Waals surface area (Å²) in [6, 6.07) is -0.170. The van der Waals surface area contributed by atoms with Crippen molar-refractivity contribution in [2.24, 2.45) is 0 Å². The molecule has 0 amide bonds. The minimum Gasteiger partial charge on any atom is -0.464 e. The molecule has 2 N–H and O–H groups in total. The fraction of sp³-hybridized carbons (Fsp3) is 0.632. The molecule has 14 heteroatoms. The van der Waals surface area contributed by atoms with Crippen LogP contribution >= 0.6 is 11.3 Å². The third kappa shape index (κ3) is 5.73. The van der Waals surface area contributed by atoms with E-state index >= 15 is 0 Å². The zero-order valence-corrected chi connectivity index (χ0v) is 19.4. The van der Waals surface area contributed by atoms with Crippen molar-refractivity contribution >= 4 is 27.3 Å². The van der Waals surface area contributed by atoms with E-state index in [1.807, 2.05) is 0 Å². The number of aromatic nitrogens is 3. The molecule has 0 unspecified atom stereocenters. The quantitative estimate of drug-likeness (QED) is 0.613. The number of nitrogens with zero attached hydrogens (tertiary/aromatic N) is 4. The maximum atomic E-state index is 13.6. The summed E-state index contributed by atoms with van der Waals surface area (Å²) in [7, 11) is -3.28. The summed E-state index contributed by atoms with van der Waals surface area (Å²) in [5.74, 6) is 0.0258. The summed E-state index contributed by atoms with van der Waals surface area (Å²) in [4.78, 5) is 12.2. The number of thiazole rings is 1. The molecule has 2 aromatic heterocycles. The van der Waals surface area contributed by atoms with Gasteiger partial charge in [0.25, 0.3) is 5.19 Å². The molecular weight excluding hydrogens is 483 g/mol. The van der Waals surface area contributed by atoms with Crippen LogP contribution in [0.2, 0.25) is 0 Å². The van der Waals surface area contributed by atoms with Gasteiger partial charge in [0.2, 0.25) is 16.0 Å². The Kier molecular flexibility index (Phi) is 6.80. The van der Waals surface area contributed by atoms with Crippen LogP contribution in [0.5, 0.6) is 5.19 Å². The van der Waals surface area contributed by atoms with Crippen LogP contribution in [0.1, 0.15) is 37.7 Å². The molecule has 2 aliphatic rings. The Balaban J connectivity index is 1.53. The van der Waals surface area contributed by atoms with Gasteiger partial charge >= 0.3 is 6.18 Å². The lowest BCUT2D eigenvalue weighted by molar-refractivity contribution is -0.137. The Bertz CT molecular complexity index is 1090. The first-order valence-corrected chi connectivity index (χ1v) is 13.1. The molecule has 1 aliphatic heterocycles. The van der Waals surface area contributed by atoms with E-state index in [9.17, 15) is 26.7 Å². The lowest BCUT2D eigenvalue weighted by Crippen LogP contribution is -2.42. The highest BCUT2D eigenvalue weighted by Crippen LogP contribution is 2.40. The van der Waals surface area contributed by atoms with E-state index in [2.05, 4.69) is 20.3 Å². The highest BCUT2D eigenvalue weighted by atomic mass is 32.2. The summed E-state index contributed by atoms with van der Waals surface area (Å²) in [6.45, 7) is 0.624. The van der Waals surface area contributed by atoms with Crippen LogP contribution < -0.4 is 10.1 Å². The second kappa shape index (κ2) is 9.31. The predicted octanol–water partition coefficient (Wildman–Crippen LogP) is 2.75. The maximum absolute atomic E-state index is 13.6. The van der Waals surface area contributed by atoms with Gasteiger partial charge in [0.15, 0.2) is 0 Å². The fourth-order valence-corrected chi connectivity index (χ4v) is 5.65. The third-order valence-corrected chi connectivity index (χ3v) is 7.94. The van der Waals surface area contributed by atoms with Crippen LogP contribution in [-0.2, 0) is 16.2 Å². The van der Waals surface area contributed by atoms with E-state index in [0.29, 0.717) is 38.8 Å². The predicted molar refractivity (Wildman–Crippen MR) is 115 cm³/mol. The van der Waals surface area contributed by atoms with Gasteiger partial charge in [0, 0.05) is 25.3 Å². The summed E-state index contributed by atoms with van der Waals surface area (Å²) in [5.41, 5.74) is -1.30. The minimum atomic E-state index is -4.67. The van der Waals surface area contributed by atoms with Crippen molar-refractivity contribution in [1.29, 1.82) is 0 Å². The molecule has 2 fully saturated rings. The van der Waals surface area contributed by atoms with E-state index in [-0.39, 0.29) is 27.8 Å². The van der Waals surface area contributed by atoms with Crippen molar-refractivity contribution in [2.75, 3.05) is 24.7 Å². The minimum absolute atomic E-state index is 0.0258. The fourth-order valence-electron chi connectivity index (χ4n) is 3.96. The maximum Gasteiger partial charge on any atom is 0.420 e. The number of piperidine rings is 1. The summed E-state index contributed by atoms with van der Waals surface area (Å²) >= 11 is 0.927. The van der Waals surface area contributed by atoms with Crippen molar-refractivity contribution in [2.45, 2.75) is 56.5 Å². The second-order valence-corrected chi connectivity index (χ2v) is 11.2. The van der Waals surface area contributed by atoms with E-state index < -0.39 is 34.0 Å². The van der Waals surface area contributed by atoms with Crippen LogP contribution in [0.4, 0.5) is 19.1 Å². The van der Waals surface area contributed by atoms with Gasteiger partial charge in [-0.15, -0.1) is 0 Å². The molecule has 1 saturated carbocycles. The van der Waals surface area contributed by atoms with Gasteiger partial charge in [-0.2, -0.15) is 13.2 Å². The Morgan fingerprint density at radius 1 is 1.18 bits per heavy atom. The molecule has 9 nitrogen and oxygen atoms in total. The number of aliphatic hydroxyl groups excluding tert-OH is 1. The normalized spacial score (nSPS) is 23.1. The highest BCUT2D eigenvalue weighted by Gasteiger charge is 2.37. The van der Waals surface area contributed by atoms with Crippen LogP contribution in [0, 0.1) is 0 Å². The number of alkyl halides is 3. The number of ether oxygens (including phenoxy) is 1. The average molecular weight is 508 g/mol. The SMILES string of the molecule is CS(=O)(=O)N1CCC(Nc2ncc(C(F)(F)F)c(-c3cnc(O[C@@H]4CCC[C@H]4O)s3)n2)CC1. The molecule has 0 radical (unpaired) electrons. The molecule has 0 bridgehead atoms. The molecule has 0 aromatic carbocycles. The third-order valence-electron chi connectivity index (χ3n) is 5.74. The highest BCUT2D eigenvalue weighted by molar-refractivity contribution is 7.88. The number of rotatable bonds is 6. The van der Waals surface area contributed by atoms with Gasteiger partial charge in [0.05, 0.1) is 29.1 Å². The largest absolute Gasteiger partial charge is 0.464 e. The molecule has 4 rings (SSSR count). The van der Waals surface area contributed by atoms with Gasteiger partial charge in [-0.3, -0.25) is 0 Å². The Morgan fingerprint density at radius 3 is 2.52 bits per heavy atom. The Labute approximate surface area is 193 Å². The van der Waals surface area contributed by atoms with Gasteiger partial charge in [-0.25, -0.2) is 27.7 Å². The first kappa shape index (κ1) is 24.1. The zero-order chi connectivity index (χ0) is 23.8. The molecule has 1 saturated heterocycles. The zero-order valence-electron chi connectivity index (χ0n) is 17.7. The summed E-state index contributed by atoms with van der Waals surface area (Å²) < 4.78 is 71.2. The van der Waals surface area contributed by atoms with E-state index in [1.54, 1.807) is 0 Å². The first-order chi connectivity index (χ1) is 15.5. The summed E-state index contributed by atoms with van der Waals surface area (Å²) in [5, 5.41) is 13.1. The molecule has 1 aliphatic carbocycles. The van der Waals surface area contributed by atoms with Crippen molar-refractivity contribution in [3.63, 3.8) is 0 Å². The van der Waals surface area contributed by atoms with Crippen molar-refractivity contribution < 1.29 is 31.4 Å². The lowest BCUT2D eigenvalue weighted by Gasteiger charge is -2.30.